The average molecular weight is 285 g/mol. The number of rotatable bonds is 6. The summed E-state index contributed by atoms with van der Waals surface area (Å²) in [7, 11) is 0. The Morgan fingerprint density at radius 3 is 2.33 bits per heavy atom. The van der Waals surface area contributed by atoms with Gasteiger partial charge in [0.25, 0.3) is 0 Å². The lowest BCUT2D eigenvalue weighted by molar-refractivity contribution is 0.519. The van der Waals surface area contributed by atoms with Crippen LogP contribution in [-0.4, -0.2) is 6.54 Å². The normalized spacial score (nSPS) is 13.3. The fraction of sp³-hybridized carbons (Fsp3) is 0.474. The van der Waals surface area contributed by atoms with Crippen LogP contribution in [0.5, 0.6) is 0 Å². The molecule has 0 aliphatic rings. The standard InChI is InChI=1S/C19H27NO/c1-5-11-20-18(13-15-10-12-21-14-15)16-6-8-17(9-7-16)19(2,3)4/h6-10,12,14,18,20H,5,11,13H2,1-4H3. The topological polar surface area (TPSA) is 25.2 Å². The molecule has 1 heterocycles. The Bertz CT molecular complexity index is 520. The quantitative estimate of drug-likeness (QED) is 0.820. The predicted molar refractivity (Wildman–Crippen MR) is 88.6 cm³/mol. The van der Waals surface area contributed by atoms with Gasteiger partial charge in [-0.1, -0.05) is 52.0 Å². The van der Waals surface area contributed by atoms with E-state index in [2.05, 4.69) is 57.3 Å². The van der Waals surface area contributed by atoms with Crippen LogP contribution in [0.1, 0.15) is 56.8 Å². The van der Waals surface area contributed by atoms with Gasteiger partial charge in [-0.25, -0.2) is 0 Å². The first-order valence-corrected chi connectivity index (χ1v) is 7.85. The summed E-state index contributed by atoms with van der Waals surface area (Å²) in [6.45, 7) is 9.98. The van der Waals surface area contributed by atoms with Crippen molar-refractivity contribution in [1.82, 2.24) is 5.32 Å². The van der Waals surface area contributed by atoms with Crippen molar-refractivity contribution in [3.05, 3.63) is 59.5 Å². The second-order valence-electron chi connectivity index (χ2n) is 6.71. The van der Waals surface area contributed by atoms with E-state index in [1.807, 2.05) is 12.3 Å². The molecule has 0 aliphatic heterocycles. The molecule has 0 spiro atoms. The van der Waals surface area contributed by atoms with Crippen LogP contribution < -0.4 is 5.32 Å². The van der Waals surface area contributed by atoms with Gasteiger partial charge in [0, 0.05) is 6.04 Å². The molecule has 0 amide bonds. The van der Waals surface area contributed by atoms with Crippen molar-refractivity contribution >= 4 is 0 Å². The lowest BCUT2D eigenvalue weighted by atomic mass is 9.86. The van der Waals surface area contributed by atoms with Crippen molar-refractivity contribution < 1.29 is 4.42 Å². The van der Waals surface area contributed by atoms with E-state index in [-0.39, 0.29) is 5.41 Å². The Morgan fingerprint density at radius 2 is 1.81 bits per heavy atom. The van der Waals surface area contributed by atoms with Gasteiger partial charge in [0.05, 0.1) is 12.5 Å². The molecule has 21 heavy (non-hydrogen) atoms. The zero-order chi connectivity index (χ0) is 15.3. The smallest absolute Gasteiger partial charge is 0.0935 e. The van der Waals surface area contributed by atoms with Crippen LogP contribution in [0, 0.1) is 0 Å². The fourth-order valence-electron chi connectivity index (χ4n) is 2.49. The van der Waals surface area contributed by atoms with E-state index in [0.29, 0.717) is 6.04 Å². The van der Waals surface area contributed by atoms with E-state index in [1.165, 1.54) is 16.7 Å². The molecule has 2 nitrogen and oxygen atoms in total. The minimum absolute atomic E-state index is 0.204. The lowest BCUT2D eigenvalue weighted by Gasteiger charge is -2.22. The van der Waals surface area contributed by atoms with Crippen molar-refractivity contribution in [2.24, 2.45) is 0 Å². The van der Waals surface area contributed by atoms with Crippen LogP contribution in [0.3, 0.4) is 0 Å². The number of hydrogen-bond acceptors (Lipinski definition) is 2. The monoisotopic (exact) mass is 285 g/mol. The minimum Gasteiger partial charge on any atom is -0.472 e. The highest BCUT2D eigenvalue weighted by Gasteiger charge is 2.16. The zero-order valence-corrected chi connectivity index (χ0v) is 13.6. The first-order valence-electron chi connectivity index (χ1n) is 7.85. The van der Waals surface area contributed by atoms with E-state index in [1.54, 1.807) is 6.26 Å². The maximum absolute atomic E-state index is 5.19. The van der Waals surface area contributed by atoms with Crippen molar-refractivity contribution in [1.29, 1.82) is 0 Å². The van der Waals surface area contributed by atoms with Crippen molar-refractivity contribution in [3.8, 4) is 0 Å². The van der Waals surface area contributed by atoms with E-state index in [9.17, 15) is 0 Å². The molecule has 0 aliphatic carbocycles. The Labute approximate surface area is 128 Å². The van der Waals surface area contributed by atoms with Gasteiger partial charge in [0.2, 0.25) is 0 Å². The summed E-state index contributed by atoms with van der Waals surface area (Å²) in [6.07, 6.45) is 5.69. The molecule has 0 saturated heterocycles. The molecule has 114 valence electrons. The second kappa shape index (κ2) is 6.95. The molecule has 0 saturated carbocycles. The van der Waals surface area contributed by atoms with Gasteiger partial charge in [0.15, 0.2) is 0 Å². The van der Waals surface area contributed by atoms with Gasteiger partial charge in [-0.2, -0.15) is 0 Å². The number of hydrogen-bond donors (Lipinski definition) is 1. The highest BCUT2D eigenvalue weighted by molar-refractivity contribution is 5.30. The maximum Gasteiger partial charge on any atom is 0.0935 e. The average Bonchev–Trinajstić information content (AvgIpc) is 2.95. The predicted octanol–water partition coefficient (Wildman–Crippen LogP) is 4.86. The third kappa shape index (κ3) is 4.47. The van der Waals surface area contributed by atoms with Crippen molar-refractivity contribution in [3.63, 3.8) is 0 Å². The molecule has 0 bridgehead atoms. The summed E-state index contributed by atoms with van der Waals surface area (Å²) in [4.78, 5) is 0. The molecule has 0 fully saturated rings. The molecule has 1 atom stereocenters. The van der Waals surface area contributed by atoms with Gasteiger partial charge in [0.1, 0.15) is 0 Å². The van der Waals surface area contributed by atoms with E-state index in [0.717, 1.165) is 19.4 Å². The molecule has 1 aromatic carbocycles. The van der Waals surface area contributed by atoms with Crippen LogP contribution >= 0.6 is 0 Å². The summed E-state index contributed by atoms with van der Waals surface area (Å²) in [5, 5.41) is 3.64. The molecule has 1 N–H and O–H groups in total. The summed E-state index contributed by atoms with van der Waals surface area (Å²) in [5.41, 5.74) is 4.17. The first kappa shape index (κ1) is 15.8. The lowest BCUT2D eigenvalue weighted by Crippen LogP contribution is -2.24. The minimum atomic E-state index is 0.204. The van der Waals surface area contributed by atoms with Gasteiger partial charge < -0.3 is 9.73 Å². The second-order valence-corrected chi connectivity index (χ2v) is 6.71. The summed E-state index contributed by atoms with van der Waals surface area (Å²) < 4.78 is 5.19. The Morgan fingerprint density at radius 1 is 1.10 bits per heavy atom. The molecule has 2 heteroatoms. The van der Waals surface area contributed by atoms with E-state index >= 15 is 0 Å². The van der Waals surface area contributed by atoms with Crippen LogP contribution in [0.4, 0.5) is 0 Å². The molecular formula is C19H27NO. The SMILES string of the molecule is CCCNC(Cc1ccoc1)c1ccc(C(C)(C)C)cc1. The Kier molecular flexibility index (Phi) is 5.24. The summed E-state index contributed by atoms with van der Waals surface area (Å²) in [6, 6.07) is 11.4. The molecule has 1 aromatic heterocycles. The molecule has 2 rings (SSSR count). The van der Waals surface area contributed by atoms with Gasteiger partial charge >= 0.3 is 0 Å². The van der Waals surface area contributed by atoms with Gasteiger partial charge in [-0.05, 0) is 47.6 Å². The molecular weight excluding hydrogens is 258 g/mol. The summed E-state index contributed by atoms with van der Waals surface area (Å²) >= 11 is 0. The van der Waals surface area contributed by atoms with E-state index in [4.69, 9.17) is 4.42 Å². The highest BCUT2D eigenvalue weighted by Crippen LogP contribution is 2.25. The highest BCUT2D eigenvalue weighted by atomic mass is 16.3. The molecule has 0 radical (unpaired) electrons. The van der Waals surface area contributed by atoms with Crippen LogP contribution in [0.15, 0.2) is 47.3 Å². The largest absolute Gasteiger partial charge is 0.472 e. The number of nitrogens with one attached hydrogen (secondary N) is 1. The molecule has 1 unspecified atom stereocenters. The Balaban J connectivity index is 2.15. The van der Waals surface area contributed by atoms with Crippen molar-refractivity contribution in [2.45, 2.75) is 52.0 Å². The van der Waals surface area contributed by atoms with Gasteiger partial charge in [-0.3, -0.25) is 0 Å². The summed E-state index contributed by atoms with van der Waals surface area (Å²) in [5.74, 6) is 0. The molecule has 2 aromatic rings. The van der Waals surface area contributed by atoms with Crippen LogP contribution in [-0.2, 0) is 11.8 Å². The van der Waals surface area contributed by atoms with E-state index < -0.39 is 0 Å². The van der Waals surface area contributed by atoms with Crippen LogP contribution in [0.2, 0.25) is 0 Å². The zero-order valence-electron chi connectivity index (χ0n) is 13.6. The van der Waals surface area contributed by atoms with Gasteiger partial charge in [-0.15, -0.1) is 0 Å². The van der Waals surface area contributed by atoms with Crippen LogP contribution in [0.25, 0.3) is 0 Å². The first-order chi connectivity index (χ1) is 10.0. The van der Waals surface area contributed by atoms with Crippen molar-refractivity contribution in [2.75, 3.05) is 6.54 Å². The number of benzene rings is 1. The number of furan rings is 1. The third-order valence-corrected chi connectivity index (χ3v) is 3.84. The fourth-order valence-corrected chi connectivity index (χ4v) is 2.49. The Hall–Kier alpha value is -1.54. The third-order valence-electron chi connectivity index (χ3n) is 3.84. The maximum atomic E-state index is 5.19.